The number of hydrogen-bond acceptors (Lipinski definition) is 5. The Morgan fingerprint density at radius 2 is 2.03 bits per heavy atom. The summed E-state index contributed by atoms with van der Waals surface area (Å²) in [5.41, 5.74) is 1.37. The van der Waals surface area contributed by atoms with Crippen molar-refractivity contribution in [1.29, 1.82) is 0 Å². The Morgan fingerprint density at radius 3 is 2.72 bits per heavy atom. The van der Waals surface area contributed by atoms with Crippen LogP contribution in [0.25, 0.3) is 0 Å². The van der Waals surface area contributed by atoms with Crippen LogP contribution in [0, 0.1) is 0 Å². The summed E-state index contributed by atoms with van der Waals surface area (Å²) >= 11 is 4.71. The van der Waals surface area contributed by atoms with Crippen LogP contribution in [-0.4, -0.2) is 40.3 Å². The average Bonchev–Trinajstić information content (AvgIpc) is 2.70. The number of anilines is 1. The quantitative estimate of drug-likeness (QED) is 0.649. The molecule has 1 saturated heterocycles. The third-order valence-electron chi connectivity index (χ3n) is 4.21. The van der Waals surface area contributed by atoms with Crippen LogP contribution >= 0.6 is 27.7 Å². The van der Waals surface area contributed by atoms with Gasteiger partial charge in [0.2, 0.25) is 11.8 Å². The smallest absolute Gasteiger partial charge is 0.238 e. The van der Waals surface area contributed by atoms with E-state index >= 15 is 0 Å². The van der Waals surface area contributed by atoms with E-state index in [0.717, 1.165) is 10.2 Å². The highest BCUT2D eigenvalue weighted by molar-refractivity contribution is 9.10. The Morgan fingerprint density at radius 1 is 1.28 bits per heavy atom. The van der Waals surface area contributed by atoms with Crippen molar-refractivity contribution in [1.82, 2.24) is 4.90 Å². The molecule has 8 heteroatoms. The van der Waals surface area contributed by atoms with Crippen molar-refractivity contribution in [3.63, 3.8) is 0 Å². The first-order chi connectivity index (χ1) is 14.0. The molecule has 1 N–H and O–H groups in total. The minimum absolute atomic E-state index is 0.106. The van der Waals surface area contributed by atoms with Crippen molar-refractivity contribution < 1.29 is 14.3 Å². The number of rotatable bonds is 6. The maximum Gasteiger partial charge on any atom is 0.238 e. The molecule has 1 aliphatic rings. The summed E-state index contributed by atoms with van der Waals surface area (Å²) in [5.74, 6) is 0.355. The summed E-state index contributed by atoms with van der Waals surface area (Å²) in [5, 5.41) is 2.87. The minimum Gasteiger partial charge on any atom is -0.494 e. The van der Waals surface area contributed by atoms with E-state index in [2.05, 4.69) is 26.2 Å². The fourth-order valence-electron chi connectivity index (χ4n) is 2.83. The highest BCUT2D eigenvalue weighted by atomic mass is 79.9. The number of carbonyl (C=O) groups excluding carboxylic acids is 2. The molecule has 2 amide bonds. The summed E-state index contributed by atoms with van der Waals surface area (Å²) in [7, 11) is 0. The van der Waals surface area contributed by atoms with Gasteiger partial charge in [0.25, 0.3) is 0 Å². The van der Waals surface area contributed by atoms with E-state index in [-0.39, 0.29) is 18.2 Å². The number of carbonyl (C=O) groups is 2. The van der Waals surface area contributed by atoms with Gasteiger partial charge in [0.15, 0.2) is 5.17 Å². The van der Waals surface area contributed by atoms with Crippen LogP contribution in [0.1, 0.15) is 20.3 Å². The Kier molecular flexibility index (Phi) is 7.33. The predicted molar refractivity (Wildman–Crippen MR) is 121 cm³/mol. The molecule has 1 unspecified atom stereocenters. The van der Waals surface area contributed by atoms with Gasteiger partial charge < -0.3 is 10.1 Å². The third kappa shape index (κ3) is 5.61. The van der Waals surface area contributed by atoms with E-state index in [4.69, 9.17) is 4.74 Å². The molecule has 0 aliphatic carbocycles. The lowest BCUT2D eigenvalue weighted by Crippen LogP contribution is -2.45. The van der Waals surface area contributed by atoms with E-state index in [1.807, 2.05) is 50.2 Å². The number of amidine groups is 1. The first-order valence-electron chi connectivity index (χ1n) is 9.35. The molecule has 152 valence electrons. The number of thioether (sulfide) groups is 1. The summed E-state index contributed by atoms with van der Waals surface area (Å²) in [6.07, 6.45) is 0.134. The van der Waals surface area contributed by atoms with Gasteiger partial charge in [-0.3, -0.25) is 14.5 Å². The molecule has 0 spiro atoms. The van der Waals surface area contributed by atoms with Crippen molar-refractivity contribution in [3.8, 4) is 5.75 Å². The van der Waals surface area contributed by atoms with Crippen molar-refractivity contribution in [3.05, 3.63) is 53.0 Å². The van der Waals surface area contributed by atoms with Gasteiger partial charge in [0.1, 0.15) is 11.0 Å². The molecule has 1 atom stereocenters. The Labute approximate surface area is 182 Å². The number of nitrogens with zero attached hydrogens (tertiary/aromatic N) is 2. The van der Waals surface area contributed by atoms with Gasteiger partial charge >= 0.3 is 0 Å². The normalized spacial score (nSPS) is 18.0. The first-order valence-corrected chi connectivity index (χ1v) is 11.0. The number of amides is 2. The largest absolute Gasteiger partial charge is 0.494 e. The van der Waals surface area contributed by atoms with E-state index in [1.54, 1.807) is 17.0 Å². The van der Waals surface area contributed by atoms with Crippen molar-refractivity contribution in [2.75, 3.05) is 18.5 Å². The van der Waals surface area contributed by atoms with Crippen LogP contribution in [-0.2, 0) is 9.59 Å². The number of halogens is 1. The molecule has 0 bridgehead atoms. The number of hydrogen-bond donors (Lipinski definition) is 1. The number of ether oxygens (including phenoxy) is 1. The average molecular weight is 476 g/mol. The SMILES string of the molecule is CCOc1cccc(NC(=O)C2CC(=O)N(CC)C(=Nc3ccc(Br)cc3)S2)c1. The summed E-state index contributed by atoms with van der Waals surface area (Å²) in [6.45, 7) is 4.86. The van der Waals surface area contributed by atoms with Crippen LogP contribution in [0.5, 0.6) is 5.75 Å². The maximum absolute atomic E-state index is 12.8. The summed E-state index contributed by atoms with van der Waals surface area (Å²) < 4.78 is 6.42. The van der Waals surface area contributed by atoms with Gasteiger partial charge in [0, 0.05) is 29.2 Å². The molecule has 1 heterocycles. The van der Waals surface area contributed by atoms with Crippen LogP contribution in [0.3, 0.4) is 0 Å². The second kappa shape index (κ2) is 9.93. The van der Waals surface area contributed by atoms with Crippen molar-refractivity contribution in [2.24, 2.45) is 4.99 Å². The van der Waals surface area contributed by atoms with E-state index in [1.165, 1.54) is 11.8 Å². The monoisotopic (exact) mass is 475 g/mol. The predicted octanol–water partition coefficient (Wildman–Crippen LogP) is 4.83. The van der Waals surface area contributed by atoms with E-state index in [0.29, 0.717) is 29.8 Å². The molecule has 1 fully saturated rings. The van der Waals surface area contributed by atoms with Crippen molar-refractivity contribution in [2.45, 2.75) is 25.5 Å². The lowest BCUT2D eigenvalue weighted by atomic mass is 10.2. The number of benzene rings is 2. The molecular weight excluding hydrogens is 454 g/mol. The fourth-order valence-corrected chi connectivity index (χ4v) is 4.26. The fraction of sp³-hybridized carbons (Fsp3) is 0.286. The van der Waals surface area contributed by atoms with Crippen molar-refractivity contribution >= 4 is 56.0 Å². The van der Waals surface area contributed by atoms with Gasteiger partial charge in [-0.15, -0.1) is 0 Å². The molecule has 29 heavy (non-hydrogen) atoms. The first kappa shape index (κ1) is 21.4. The second-order valence-corrected chi connectivity index (χ2v) is 8.36. The van der Waals surface area contributed by atoms with Gasteiger partial charge in [-0.1, -0.05) is 33.8 Å². The molecule has 6 nitrogen and oxygen atoms in total. The molecule has 2 aromatic rings. The third-order valence-corrected chi connectivity index (χ3v) is 5.93. The zero-order valence-corrected chi connectivity index (χ0v) is 18.6. The highest BCUT2D eigenvalue weighted by Gasteiger charge is 2.35. The number of aliphatic imine (C=N–C) groups is 1. The molecular formula is C21H22BrN3O3S. The van der Waals surface area contributed by atoms with E-state index in [9.17, 15) is 9.59 Å². The summed E-state index contributed by atoms with van der Waals surface area (Å²) in [6, 6.07) is 14.7. The molecule has 0 radical (unpaired) electrons. The Hall–Kier alpha value is -2.32. The van der Waals surface area contributed by atoms with Crippen LogP contribution in [0.15, 0.2) is 58.0 Å². The zero-order valence-electron chi connectivity index (χ0n) is 16.2. The molecule has 1 aliphatic heterocycles. The van der Waals surface area contributed by atoms with E-state index < -0.39 is 5.25 Å². The lowest BCUT2D eigenvalue weighted by molar-refractivity contribution is -0.129. The van der Waals surface area contributed by atoms with Crippen LogP contribution in [0.4, 0.5) is 11.4 Å². The minimum atomic E-state index is -0.546. The lowest BCUT2D eigenvalue weighted by Gasteiger charge is -2.30. The standard InChI is InChI=1S/C21H22BrN3O3S/c1-3-25-19(26)13-18(29-21(25)24-15-10-8-14(22)9-11-15)20(27)23-16-6-5-7-17(12-16)28-4-2/h5-12,18H,3-4,13H2,1-2H3,(H,23,27). The van der Waals surface area contributed by atoms with Gasteiger partial charge in [-0.05, 0) is 50.2 Å². The van der Waals surface area contributed by atoms with Crippen LogP contribution in [0.2, 0.25) is 0 Å². The molecule has 0 aromatic heterocycles. The second-order valence-electron chi connectivity index (χ2n) is 6.27. The topological polar surface area (TPSA) is 71.0 Å². The molecule has 2 aromatic carbocycles. The number of nitrogens with one attached hydrogen (secondary N) is 1. The van der Waals surface area contributed by atoms with Gasteiger partial charge in [-0.2, -0.15) is 0 Å². The zero-order chi connectivity index (χ0) is 20.8. The van der Waals surface area contributed by atoms with Crippen LogP contribution < -0.4 is 10.1 Å². The van der Waals surface area contributed by atoms with Gasteiger partial charge in [0.05, 0.1) is 12.3 Å². The van der Waals surface area contributed by atoms with Gasteiger partial charge in [-0.25, -0.2) is 4.99 Å². The maximum atomic E-state index is 12.8. The molecule has 0 saturated carbocycles. The Bertz CT molecular complexity index is 918. The summed E-state index contributed by atoms with van der Waals surface area (Å²) in [4.78, 5) is 31.6. The molecule has 3 rings (SSSR count). The highest BCUT2D eigenvalue weighted by Crippen LogP contribution is 2.30. The Balaban J connectivity index is 1.77.